The number of halogens is 2. The minimum atomic E-state index is -1.15. The number of nitrogens with zero attached hydrogens (tertiary/aromatic N) is 2. The minimum absolute atomic E-state index is 0.00329. The van der Waals surface area contributed by atoms with Gasteiger partial charge in [-0.2, -0.15) is 0 Å². The summed E-state index contributed by atoms with van der Waals surface area (Å²) in [6.45, 7) is 2.47. The smallest absolute Gasteiger partial charge is 0.303 e. The SMILES string of the molecule is COc1ccc2nccc([C@@H](F)CC[C@@H]3CCN(CCCc4ccc(F)cc4)C[C@@H]3CC(=O)O)c2c1. The molecule has 0 saturated carbocycles. The van der Waals surface area contributed by atoms with E-state index in [1.165, 1.54) is 12.1 Å². The number of carboxylic acids is 1. The third kappa shape index (κ3) is 6.78. The Bertz CT molecular complexity index is 1150. The van der Waals surface area contributed by atoms with Crippen molar-refractivity contribution < 1.29 is 23.4 Å². The number of aliphatic carboxylic acids is 1. The van der Waals surface area contributed by atoms with Crippen molar-refractivity contribution >= 4 is 16.9 Å². The summed E-state index contributed by atoms with van der Waals surface area (Å²) in [5.74, 6) is -0.192. The highest BCUT2D eigenvalue weighted by atomic mass is 19.1. The molecule has 1 fully saturated rings. The van der Waals surface area contributed by atoms with Gasteiger partial charge in [0.15, 0.2) is 0 Å². The molecule has 1 aliphatic heterocycles. The number of ether oxygens (including phenoxy) is 1. The first-order valence-corrected chi connectivity index (χ1v) is 12.7. The highest BCUT2D eigenvalue weighted by molar-refractivity contribution is 5.83. The Labute approximate surface area is 211 Å². The Morgan fingerprint density at radius 3 is 2.75 bits per heavy atom. The Morgan fingerprint density at radius 2 is 2.00 bits per heavy atom. The lowest BCUT2D eigenvalue weighted by atomic mass is 9.79. The number of hydrogen-bond acceptors (Lipinski definition) is 4. The average Bonchev–Trinajstić information content (AvgIpc) is 2.88. The lowest BCUT2D eigenvalue weighted by molar-refractivity contribution is -0.139. The van der Waals surface area contributed by atoms with E-state index in [0.29, 0.717) is 30.7 Å². The largest absolute Gasteiger partial charge is 0.497 e. The number of methoxy groups -OCH3 is 1. The summed E-state index contributed by atoms with van der Waals surface area (Å²) in [5, 5.41) is 10.3. The molecule has 4 rings (SSSR count). The van der Waals surface area contributed by atoms with Gasteiger partial charge >= 0.3 is 5.97 Å². The van der Waals surface area contributed by atoms with Gasteiger partial charge < -0.3 is 14.7 Å². The highest BCUT2D eigenvalue weighted by Gasteiger charge is 2.31. The van der Waals surface area contributed by atoms with E-state index in [4.69, 9.17) is 4.74 Å². The van der Waals surface area contributed by atoms with Gasteiger partial charge in [-0.05, 0) is 105 Å². The number of alkyl halides is 1. The number of fused-ring (bicyclic) bond motifs is 1. The Balaban J connectivity index is 1.34. The number of benzene rings is 2. The molecular formula is C29H34F2N2O3. The lowest BCUT2D eigenvalue weighted by Gasteiger charge is -2.38. The maximum atomic E-state index is 15.5. The third-order valence-electron chi connectivity index (χ3n) is 7.38. The zero-order chi connectivity index (χ0) is 25.5. The molecule has 0 radical (unpaired) electrons. The summed E-state index contributed by atoms with van der Waals surface area (Å²) in [5.41, 5.74) is 2.43. The summed E-state index contributed by atoms with van der Waals surface area (Å²) in [6, 6.07) is 13.8. The molecule has 1 aliphatic rings. The fourth-order valence-corrected chi connectivity index (χ4v) is 5.42. The van der Waals surface area contributed by atoms with Crippen LogP contribution in [0.15, 0.2) is 54.7 Å². The first-order valence-electron chi connectivity index (χ1n) is 12.7. The van der Waals surface area contributed by atoms with Crippen LogP contribution in [0.2, 0.25) is 0 Å². The van der Waals surface area contributed by atoms with Crippen LogP contribution in [0.3, 0.4) is 0 Å². The van der Waals surface area contributed by atoms with Gasteiger partial charge in [-0.15, -0.1) is 0 Å². The van der Waals surface area contributed by atoms with Crippen LogP contribution in [-0.2, 0) is 11.2 Å². The molecule has 1 saturated heterocycles. The van der Waals surface area contributed by atoms with Gasteiger partial charge in [0, 0.05) is 24.5 Å². The van der Waals surface area contributed by atoms with Crippen molar-refractivity contribution in [2.45, 2.75) is 44.7 Å². The summed E-state index contributed by atoms with van der Waals surface area (Å²) < 4.78 is 33.9. The fourth-order valence-electron chi connectivity index (χ4n) is 5.42. The Hall–Kier alpha value is -3.06. The molecule has 0 unspecified atom stereocenters. The fraction of sp³-hybridized carbons (Fsp3) is 0.448. The van der Waals surface area contributed by atoms with Gasteiger partial charge in [0.1, 0.15) is 17.7 Å². The number of aryl methyl sites for hydroxylation is 1. The molecule has 0 aliphatic carbocycles. The number of rotatable bonds is 11. The van der Waals surface area contributed by atoms with E-state index in [9.17, 15) is 14.3 Å². The van der Waals surface area contributed by atoms with Crippen LogP contribution in [0, 0.1) is 17.7 Å². The number of aromatic nitrogens is 1. The molecule has 36 heavy (non-hydrogen) atoms. The summed E-state index contributed by atoms with van der Waals surface area (Å²) in [4.78, 5) is 18.2. The summed E-state index contributed by atoms with van der Waals surface area (Å²) in [7, 11) is 1.59. The number of carboxylic acid groups (broad SMARTS) is 1. The van der Waals surface area contributed by atoms with Gasteiger partial charge in [-0.3, -0.25) is 9.78 Å². The Morgan fingerprint density at radius 1 is 1.19 bits per heavy atom. The van der Waals surface area contributed by atoms with E-state index in [1.54, 1.807) is 19.4 Å². The van der Waals surface area contributed by atoms with Crippen molar-refractivity contribution in [2.75, 3.05) is 26.7 Å². The predicted molar refractivity (Wildman–Crippen MR) is 136 cm³/mol. The van der Waals surface area contributed by atoms with Crippen molar-refractivity contribution in [3.8, 4) is 5.75 Å². The van der Waals surface area contributed by atoms with E-state index in [-0.39, 0.29) is 24.1 Å². The van der Waals surface area contributed by atoms with E-state index in [1.807, 2.05) is 30.3 Å². The second-order valence-electron chi connectivity index (χ2n) is 9.77. The van der Waals surface area contributed by atoms with Crippen molar-refractivity contribution in [3.05, 3.63) is 71.7 Å². The van der Waals surface area contributed by atoms with Gasteiger partial charge in [0.25, 0.3) is 0 Å². The molecule has 192 valence electrons. The zero-order valence-electron chi connectivity index (χ0n) is 20.7. The molecule has 1 aromatic heterocycles. The second-order valence-corrected chi connectivity index (χ2v) is 9.77. The number of hydrogen-bond donors (Lipinski definition) is 1. The van der Waals surface area contributed by atoms with Crippen LogP contribution < -0.4 is 4.74 Å². The molecule has 1 N–H and O–H groups in total. The zero-order valence-corrected chi connectivity index (χ0v) is 20.7. The summed E-state index contributed by atoms with van der Waals surface area (Å²) >= 11 is 0. The molecule has 0 bridgehead atoms. The van der Waals surface area contributed by atoms with Crippen LogP contribution in [-0.4, -0.2) is 47.7 Å². The van der Waals surface area contributed by atoms with Crippen LogP contribution in [0.4, 0.5) is 8.78 Å². The van der Waals surface area contributed by atoms with Crippen molar-refractivity contribution in [1.82, 2.24) is 9.88 Å². The predicted octanol–water partition coefficient (Wildman–Crippen LogP) is 6.22. The van der Waals surface area contributed by atoms with Gasteiger partial charge in [0.2, 0.25) is 0 Å². The first-order chi connectivity index (χ1) is 17.4. The first kappa shape index (κ1) is 26.0. The second kappa shape index (κ2) is 12.3. The topological polar surface area (TPSA) is 62.7 Å². The average molecular weight is 497 g/mol. The Kier molecular flexibility index (Phi) is 8.86. The van der Waals surface area contributed by atoms with Crippen molar-refractivity contribution in [3.63, 3.8) is 0 Å². The standard InChI is InChI=1S/C29H34F2N2O3/c1-36-24-9-11-28-26(18-24)25(12-14-32-28)27(31)10-6-21-13-16-33(19-22(21)17-29(34)35)15-2-3-20-4-7-23(30)8-5-20/h4-5,7-9,11-12,14,18,21-22,27H,2-3,6,10,13,15-17,19H2,1H3,(H,34,35)/t21-,22+,27+/m1/s1. The molecule has 3 aromatic rings. The van der Waals surface area contributed by atoms with Crippen molar-refractivity contribution in [1.29, 1.82) is 0 Å². The van der Waals surface area contributed by atoms with Gasteiger partial charge in [-0.25, -0.2) is 8.78 Å². The van der Waals surface area contributed by atoms with Crippen LogP contribution >= 0.6 is 0 Å². The number of carbonyl (C=O) groups is 1. The van der Waals surface area contributed by atoms with Crippen LogP contribution in [0.5, 0.6) is 5.75 Å². The van der Waals surface area contributed by atoms with E-state index in [0.717, 1.165) is 48.8 Å². The number of pyridine rings is 1. The van der Waals surface area contributed by atoms with Gasteiger partial charge in [-0.1, -0.05) is 12.1 Å². The minimum Gasteiger partial charge on any atom is -0.497 e. The maximum Gasteiger partial charge on any atom is 0.303 e. The highest BCUT2D eigenvalue weighted by Crippen LogP contribution is 2.36. The van der Waals surface area contributed by atoms with Crippen molar-refractivity contribution in [2.24, 2.45) is 11.8 Å². The molecule has 7 heteroatoms. The van der Waals surface area contributed by atoms with Crippen LogP contribution in [0.25, 0.3) is 10.9 Å². The quantitative estimate of drug-likeness (QED) is 0.342. The molecule has 2 aromatic carbocycles. The van der Waals surface area contributed by atoms with Crippen LogP contribution in [0.1, 0.15) is 49.4 Å². The molecule has 0 amide bonds. The summed E-state index contributed by atoms with van der Waals surface area (Å²) in [6.07, 6.45) is 4.24. The molecule has 0 spiro atoms. The van der Waals surface area contributed by atoms with Gasteiger partial charge in [0.05, 0.1) is 12.6 Å². The monoisotopic (exact) mass is 496 g/mol. The lowest BCUT2D eigenvalue weighted by Crippen LogP contribution is -2.42. The molecule has 5 nitrogen and oxygen atoms in total. The normalized spacial score (nSPS) is 19.3. The van der Waals surface area contributed by atoms with E-state index in [2.05, 4.69) is 9.88 Å². The number of piperidine rings is 1. The van der Waals surface area contributed by atoms with E-state index < -0.39 is 12.1 Å². The molecule has 3 atom stereocenters. The number of likely N-dealkylation sites (tertiary alicyclic amines) is 1. The molecular weight excluding hydrogens is 462 g/mol. The third-order valence-corrected chi connectivity index (χ3v) is 7.38. The molecule has 2 heterocycles. The maximum absolute atomic E-state index is 15.5. The van der Waals surface area contributed by atoms with E-state index >= 15 is 4.39 Å².